The highest BCUT2D eigenvalue weighted by Crippen LogP contribution is 2.53. The van der Waals surface area contributed by atoms with Crippen LogP contribution in [0.15, 0.2) is 150 Å². The Balaban J connectivity index is 1.18. The Labute approximate surface area is 264 Å². The van der Waals surface area contributed by atoms with Gasteiger partial charge in [0.25, 0.3) is 0 Å². The summed E-state index contributed by atoms with van der Waals surface area (Å²) in [7, 11) is 0. The lowest BCUT2D eigenvalue weighted by Gasteiger charge is -2.34. The lowest BCUT2D eigenvalue weighted by Crippen LogP contribution is -2.15. The first kappa shape index (κ1) is 25.0. The molecule has 10 rings (SSSR count). The summed E-state index contributed by atoms with van der Waals surface area (Å²) in [5.41, 5.74) is 10.7. The molecule has 46 heavy (non-hydrogen) atoms. The number of fused-ring (bicyclic) bond motifs is 7. The number of benzene rings is 6. The average molecular weight is 589 g/mol. The van der Waals surface area contributed by atoms with E-state index in [4.69, 9.17) is 14.4 Å². The first-order chi connectivity index (χ1) is 22.8. The third-order valence-corrected chi connectivity index (χ3v) is 9.08. The number of para-hydroxylation sites is 1. The molecule has 1 aliphatic heterocycles. The van der Waals surface area contributed by atoms with Gasteiger partial charge in [-0.05, 0) is 70.9 Å². The molecule has 0 unspecified atom stereocenters. The second kappa shape index (κ2) is 9.58. The third kappa shape index (κ3) is 3.60. The first-order valence-corrected chi connectivity index (χ1v) is 15.4. The molecular formula is C41H24N4O. The van der Waals surface area contributed by atoms with Crippen LogP contribution in [0.25, 0.3) is 77.4 Å². The maximum absolute atomic E-state index is 6.29. The summed E-state index contributed by atoms with van der Waals surface area (Å²) in [5.74, 6) is 0.640. The number of rotatable bonds is 3. The maximum atomic E-state index is 6.29. The van der Waals surface area contributed by atoms with Gasteiger partial charge in [-0.25, -0.2) is 9.97 Å². The summed E-state index contributed by atoms with van der Waals surface area (Å²) in [6.45, 7) is 0. The van der Waals surface area contributed by atoms with Crippen LogP contribution in [-0.4, -0.2) is 15.0 Å². The zero-order valence-electron chi connectivity index (χ0n) is 24.6. The molecule has 5 nitrogen and oxygen atoms in total. The number of anilines is 3. The van der Waals surface area contributed by atoms with Gasteiger partial charge in [-0.15, -0.1) is 0 Å². The number of aromatic nitrogens is 3. The van der Waals surface area contributed by atoms with Gasteiger partial charge in [-0.1, -0.05) is 78.9 Å². The minimum absolute atomic E-state index is 0.640. The molecule has 0 saturated carbocycles. The predicted molar refractivity (Wildman–Crippen MR) is 187 cm³/mol. The lowest BCUT2D eigenvalue weighted by molar-refractivity contribution is 0.667. The highest BCUT2D eigenvalue weighted by molar-refractivity contribution is 6.18. The molecule has 3 aromatic heterocycles. The number of pyridine rings is 1. The van der Waals surface area contributed by atoms with E-state index < -0.39 is 0 Å². The van der Waals surface area contributed by atoms with E-state index in [9.17, 15) is 0 Å². The first-order valence-electron chi connectivity index (χ1n) is 15.4. The lowest BCUT2D eigenvalue weighted by atomic mass is 9.88. The van der Waals surface area contributed by atoms with Gasteiger partial charge in [-0.3, -0.25) is 4.98 Å². The summed E-state index contributed by atoms with van der Waals surface area (Å²) >= 11 is 0. The molecule has 0 aliphatic carbocycles. The molecule has 4 heterocycles. The summed E-state index contributed by atoms with van der Waals surface area (Å²) < 4.78 is 6.29. The largest absolute Gasteiger partial charge is 0.452 e. The van der Waals surface area contributed by atoms with Gasteiger partial charge < -0.3 is 9.32 Å². The quantitative estimate of drug-likeness (QED) is 0.205. The summed E-state index contributed by atoms with van der Waals surface area (Å²) in [4.78, 5) is 16.9. The second-order valence-electron chi connectivity index (χ2n) is 11.7. The van der Waals surface area contributed by atoms with Crippen LogP contribution in [0.3, 0.4) is 0 Å². The standard InChI is InChI=1S/C41H24N4O/c1-2-12-30-25(8-1)19-22-32-31-14-5-9-26-10-6-15-34(36(26)31)45(39(30)32)29-20-17-27(18-21-29)41-43-37(28-11-7-23-42-24-28)40-38(44-41)33-13-3-4-16-35(33)46-40/h1-24H. The van der Waals surface area contributed by atoms with E-state index in [1.165, 1.54) is 44.0 Å². The maximum Gasteiger partial charge on any atom is 0.180 e. The monoisotopic (exact) mass is 588 g/mol. The summed E-state index contributed by atoms with van der Waals surface area (Å²) in [5, 5.41) is 5.89. The van der Waals surface area contributed by atoms with E-state index in [2.05, 4.69) is 107 Å². The Bertz CT molecular complexity index is 2640. The summed E-state index contributed by atoms with van der Waals surface area (Å²) in [6, 6.07) is 46.8. The molecule has 0 N–H and O–H groups in total. The van der Waals surface area contributed by atoms with Gasteiger partial charge in [0.1, 0.15) is 16.8 Å². The zero-order chi connectivity index (χ0) is 30.2. The molecule has 5 heteroatoms. The van der Waals surface area contributed by atoms with E-state index in [-0.39, 0.29) is 0 Å². The molecule has 9 aromatic rings. The normalized spacial score (nSPS) is 12.3. The van der Waals surface area contributed by atoms with Gasteiger partial charge in [0.15, 0.2) is 11.4 Å². The molecule has 6 aromatic carbocycles. The molecule has 1 aliphatic rings. The molecule has 214 valence electrons. The fraction of sp³-hybridized carbons (Fsp3) is 0. The van der Waals surface area contributed by atoms with Crippen LogP contribution in [0, 0.1) is 0 Å². The van der Waals surface area contributed by atoms with Crippen LogP contribution in [-0.2, 0) is 0 Å². The summed E-state index contributed by atoms with van der Waals surface area (Å²) in [6.07, 6.45) is 3.58. The van der Waals surface area contributed by atoms with Crippen LogP contribution in [0.5, 0.6) is 0 Å². The zero-order valence-corrected chi connectivity index (χ0v) is 24.6. The van der Waals surface area contributed by atoms with Crippen molar-refractivity contribution < 1.29 is 4.42 Å². The highest BCUT2D eigenvalue weighted by Gasteiger charge is 2.28. The second-order valence-corrected chi connectivity index (χ2v) is 11.7. The molecule has 0 atom stereocenters. The Morgan fingerprint density at radius 2 is 1.37 bits per heavy atom. The topological polar surface area (TPSA) is 55.1 Å². The number of nitrogens with zero attached hydrogens (tertiary/aromatic N) is 4. The van der Waals surface area contributed by atoms with Gasteiger partial charge in [0.05, 0.1) is 11.4 Å². The Hall–Kier alpha value is -6.33. The van der Waals surface area contributed by atoms with Crippen molar-refractivity contribution in [2.75, 3.05) is 4.90 Å². The van der Waals surface area contributed by atoms with Gasteiger partial charge in [-0.2, -0.15) is 0 Å². The van der Waals surface area contributed by atoms with Crippen molar-refractivity contribution in [1.29, 1.82) is 0 Å². The molecule has 0 radical (unpaired) electrons. The Kier molecular flexibility index (Phi) is 5.22. The van der Waals surface area contributed by atoms with Gasteiger partial charge in [0.2, 0.25) is 0 Å². The molecule has 0 saturated heterocycles. The average Bonchev–Trinajstić information content (AvgIpc) is 3.51. The van der Waals surface area contributed by atoms with Crippen molar-refractivity contribution in [1.82, 2.24) is 15.0 Å². The molecule has 0 fully saturated rings. The van der Waals surface area contributed by atoms with Crippen molar-refractivity contribution in [2.45, 2.75) is 0 Å². The van der Waals surface area contributed by atoms with Crippen LogP contribution in [0.4, 0.5) is 17.1 Å². The smallest absolute Gasteiger partial charge is 0.180 e. The molecule has 0 amide bonds. The van der Waals surface area contributed by atoms with Crippen LogP contribution >= 0.6 is 0 Å². The van der Waals surface area contributed by atoms with Crippen molar-refractivity contribution in [3.63, 3.8) is 0 Å². The van der Waals surface area contributed by atoms with E-state index in [1.807, 2.05) is 42.6 Å². The predicted octanol–water partition coefficient (Wildman–Crippen LogP) is 10.9. The Morgan fingerprint density at radius 3 is 2.24 bits per heavy atom. The van der Waals surface area contributed by atoms with Crippen molar-refractivity contribution >= 4 is 60.7 Å². The fourth-order valence-corrected chi connectivity index (χ4v) is 7.01. The number of furan rings is 1. The van der Waals surface area contributed by atoms with Crippen LogP contribution < -0.4 is 4.90 Å². The number of hydrogen-bond donors (Lipinski definition) is 0. The molecular weight excluding hydrogens is 564 g/mol. The van der Waals surface area contributed by atoms with E-state index >= 15 is 0 Å². The number of hydrogen-bond acceptors (Lipinski definition) is 5. The van der Waals surface area contributed by atoms with E-state index in [0.29, 0.717) is 11.4 Å². The van der Waals surface area contributed by atoms with E-state index in [1.54, 1.807) is 6.20 Å². The minimum Gasteiger partial charge on any atom is -0.452 e. The fourth-order valence-electron chi connectivity index (χ4n) is 7.01. The van der Waals surface area contributed by atoms with E-state index in [0.717, 1.165) is 39.0 Å². The van der Waals surface area contributed by atoms with Crippen LogP contribution in [0.2, 0.25) is 0 Å². The SMILES string of the molecule is c1cncc(-c2nc(-c3ccc(N4c5c(ccc6ccccc56)-c5cccc6cccc4c56)cc3)nc3c2oc2ccccc23)c1. The third-order valence-electron chi connectivity index (χ3n) is 9.08. The molecule has 0 spiro atoms. The van der Waals surface area contributed by atoms with Gasteiger partial charge >= 0.3 is 0 Å². The van der Waals surface area contributed by atoms with Gasteiger partial charge in [0, 0.05) is 50.9 Å². The molecule has 0 bridgehead atoms. The van der Waals surface area contributed by atoms with Crippen molar-refractivity contribution in [2.24, 2.45) is 0 Å². The Morgan fingerprint density at radius 1 is 0.565 bits per heavy atom. The minimum atomic E-state index is 0.640. The van der Waals surface area contributed by atoms with Crippen LogP contribution in [0.1, 0.15) is 0 Å². The highest BCUT2D eigenvalue weighted by atomic mass is 16.3. The van der Waals surface area contributed by atoms with Crippen molar-refractivity contribution in [3.05, 3.63) is 146 Å². The van der Waals surface area contributed by atoms with Crippen molar-refractivity contribution in [3.8, 4) is 33.8 Å².